The number of nitrogens with zero attached hydrogens (tertiary/aromatic N) is 2. The molecule has 268 valence electrons. The second-order valence-corrected chi connectivity index (χ2v) is 14.0. The Hall–Kier alpha value is -3.80. The van der Waals surface area contributed by atoms with Gasteiger partial charge in [-0.15, -0.1) is 0 Å². The van der Waals surface area contributed by atoms with Gasteiger partial charge in [0.15, 0.2) is 6.29 Å². The maximum atomic E-state index is 12.9. The Labute approximate surface area is 296 Å². The van der Waals surface area contributed by atoms with E-state index in [0.717, 1.165) is 49.2 Å². The zero-order valence-corrected chi connectivity index (χ0v) is 29.1. The van der Waals surface area contributed by atoms with Crippen LogP contribution < -0.4 is 16.4 Å². The number of hydrogen-bond acceptors (Lipinski definition) is 8. The third kappa shape index (κ3) is 10.1. The molecule has 0 unspecified atom stereocenters. The van der Waals surface area contributed by atoms with Crippen LogP contribution in [0.2, 0.25) is 0 Å². The van der Waals surface area contributed by atoms with Crippen molar-refractivity contribution in [2.24, 2.45) is 0 Å². The number of anilines is 3. The number of carbonyl (C=O) groups is 2. The van der Waals surface area contributed by atoms with Gasteiger partial charge < -0.3 is 35.8 Å². The van der Waals surface area contributed by atoms with Crippen LogP contribution in [0.1, 0.15) is 93.3 Å². The topological polar surface area (TPSA) is 129 Å². The van der Waals surface area contributed by atoms with Crippen molar-refractivity contribution in [3.63, 3.8) is 0 Å². The summed E-state index contributed by atoms with van der Waals surface area (Å²) in [6.07, 6.45) is 7.97. The molecule has 2 amide bonds. The highest BCUT2D eigenvalue weighted by molar-refractivity contribution is 5.93. The van der Waals surface area contributed by atoms with Crippen LogP contribution in [0.25, 0.3) is 0 Å². The van der Waals surface area contributed by atoms with Crippen molar-refractivity contribution in [3.05, 3.63) is 89.5 Å². The molecule has 0 aromatic heterocycles. The van der Waals surface area contributed by atoms with E-state index in [1.807, 2.05) is 60.7 Å². The third-order valence-electron chi connectivity index (χ3n) is 10.2. The van der Waals surface area contributed by atoms with Gasteiger partial charge in [-0.2, -0.15) is 0 Å². The van der Waals surface area contributed by atoms with Gasteiger partial charge in [-0.3, -0.25) is 14.5 Å². The number of nitrogen functional groups attached to an aromatic ring is 1. The van der Waals surface area contributed by atoms with Gasteiger partial charge in [-0.25, -0.2) is 0 Å². The molecule has 0 spiro atoms. The van der Waals surface area contributed by atoms with E-state index in [1.54, 1.807) is 12.1 Å². The summed E-state index contributed by atoms with van der Waals surface area (Å²) >= 11 is 0. The first-order chi connectivity index (χ1) is 24.4. The first-order valence-corrected chi connectivity index (χ1v) is 18.4. The van der Waals surface area contributed by atoms with Crippen LogP contribution in [0.15, 0.2) is 72.8 Å². The zero-order chi connectivity index (χ0) is 34.7. The normalized spacial score (nSPS) is 22.8. The molecule has 3 fully saturated rings. The summed E-state index contributed by atoms with van der Waals surface area (Å²) in [6.45, 7) is 5.53. The highest BCUT2D eigenvalue weighted by Gasteiger charge is 2.36. The van der Waals surface area contributed by atoms with Crippen LogP contribution in [0.3, 0.4) is 0 Å². The quantitative estimate of drug-likeness (QED) is 0.107. The monoisotopic (exact) mass is 683 g/mol. The molecule has 50 heavy (non-hydrogen) atoms. The number of unbranched alkanes of at least 4 members (excludes halogenated alkanes) is 2. The molecule has 3 aromatic carbocycles. The number of aliphatic hydroxyl groups is 1. The summed E-state index contributed by atoms with van der Waals surface area (Å²) in [5.41, 5.74) is 10.6. The van der Waals surface area contributed by atoms with Gasteiger partial charge >= 0.3 is 0 Å². The second kappa shape index (κ2) is 17.9. The number of aliphatic hydroxyl groups excluding tert-OH is 1. The van der Waals surface area contributed by atoms with Gasteiger partial charge in [-0.05, 0) is 93.6 Å². The Morgan fingerprint density at radius 1 is 0.800 bits per heavy atom. The number of benzene rings is 3. The smallest absolute Gasteiger partial charge is 0.224 e. The number of amides is 2. The van der Waals surface area contributed by atoms with E-state index in [2.05, 4.69) is 20.4 Å². The Bertz CT molecular complexity index is 1550. The van der Waals surface area contributed by atoms with E-state index in [-0.39, 0.29) is 30.6 Å². The van der Waals surface area contributed by atoms with Crippen LogP contribution in [0, 0.1) is 0 Å². The molecular weight excluding hydrogens is 630 g/mol. The van der Waals surface area contributed by atoms with E-state index < -0.39 is 6.29 Å². The average Bonchev–Trinajstić information content (AvgIpc) is 3.81. The molecule has 3 aliphatic rings. The number of ether oxygens (including phenoxy) is 2. The molecule has 3 aromatic rings. The van der Waals surface area contributed by atoms with Gasteiger partial charge in [0.1, 0.15) is 0 Å². The molecule has 3 heterocycles. The lowest BCUT2D eigenvalue weighted by Gasteiger charge is -2.39. The van der Waals surface area contributed by atoms with Crippen LogP contribution in [0.4, 0.5) is 17.1 Å². The SMILES string of the molecule is Nc1ccccc1NC(=O)CCCCCC(=O)Nc1cccc([C@H]2O[C@@H](CN3CCC[C@H]3CN3CCCC3)C[C@@H](c3ccc(CO)cc3)O2)c1. The van der Waals surface area contributed by atoms with Gasteiger partial charge in [0.25, 0.3) is 0 Å². The Morgan fingerprint density at radius 3 is 2.32 bits per heavy atom. The first-order valence-electron chi connectivity index (χ1n) is 18.4. The van der Waals surface area contributed by atoms with E-state index in [4.69, 9.17) is 15.2 Å². The molecule has 5 N–H and O–H groups in total. The lowest BCUT2D eigenvalue weighted by molar-refractivity contribution is -0.253. The van der Waals surface area contributed by atoms with E-state index >= 15 is 0 Å². The minimum Gasteiger partial charge on any atom is -0.397 e. The van der Waals surface area contributed by atoms with Crippen molar-refractivity contribution < 1.29 is 24.2 Å². The number of nitrogens with one attached hydrogen (secondary N) is 2. The van der Waals surface area contributed by atoms with Crippen molar-refractivity contribution in [3.8, 4) is 0 Å². The summed E-state index contributed by atoms with van der Waals surface area (Å²) in [4.78, 5) is 30.4. The molecule has 0 radical (unpaired) electrons. The molecule has 0 saturated carbocycles. The minimum atomic E-state index is -0.579. The van der Waals surface area contributed by atoms with E-state index in [0.29, 0.717) is 48.8 Å². The maximum absolute atomic E-state index is 12.9. The summed E-state index contributed by atoms with van der Waals surface area (Å²) in [7, 11) is 0. The summed E-state index contributed by atoms with van der Waals surface area (Å²) in [5.74, 6) is -0.141. The lowest BCUT2D eigenvalue weighted by atomic mass is 9.99. The predicted molar refractivity (Wildman–Crippen MR) is 196 cm³/mol. The molecule has 3 saturated heterocycles. The van der Waals surface area contributed by atoms with Crippen molar-refractivity contribution in [2.75, 3.05) is 49.1 Å². The number of para-hydroxylation sites is 2. The number of likely N-dealkylation sites (tertiary alicyclic amines) is 2. The third-order valence-corrected chi connectivity index (χ3v) is 10.2. The highest BCUT2D eigenvalue weighted by Crippen LogP contribution is 2.39. The largest absolute Gasteiger partial charge is 0.397 e. The number of nitrogens with two attached hydrogens (primary N) is 1. The summed E-state index contributed by atoms with van der Waals surface area (Å²) < 4.78 is 13.3. The molecule has 3 aliphatic heterocycles. The molecule has 6 rings (SSSR count). The standard InChI is InChI=1S/C40H53N5O5/c41-35-13-4-5-14-36(35)43-39(48)16-3-1-2-15-38(47)42-32-11-8-10-31(24-32)40-49-34(25-37(50-40)30-19-17-29(28-46)18-20-30)27-45-23-9-12-33(45)26-44-21-6-7-22-44/h4-5,8,10-11,13-14,17-20,24,33-34,37,40,46H,1-3,6-7,9,12,15-16,21-23,25-28,41H2,(H,42,47)(H,43,48)/t33-,34+,37-,40-/m0/s1. The molecule has 0 bridgehead atoms. The Kier molecular flexibility index (Phi) is 12.9. The van der Waals surface area contributed by atoms with Gasteiger partial charge in [0.2, 0.25) is 11.8 Å². The van der Waals surface area contributed by atoms with Crippen LogP contribution in [0.5, 0.6) is 0 Å². The maximum Gasteiger partial charge on any atom is 0.224 e. The number of carbonyl (C=O) groups excluding carboxylic acids is 2. The fourth-order valence-electron chi connectivity index (χ4n) is 7.46. The Balaban J connectivity index is 1.03. The lowest BCUT2D eigenvalue weighted by Crippen LogP contribution is -2.45. The predicted octanol–water partition coefficient (Wildman–Crippen LogP) is 6.39. The highest BCUT2D eigenvalue weighted by atomic mass is 16.7. The fraction of sp³-hybridized carbons (Fsp3) is 0.500. The summed E-state index contributed by atoms with van der Waals surface area (Å²) in [6, 6.07) is 23.5. The molecule has 4 atom stereocenters. The van der Waals surface area contributed by atoms with Crippen molar-refractivity contribution in [1.82, 2.24) is 9.80 Å². The minimum absolute atomic E-state index is 0.00782. The fourth-order valence-corrected chi connectivity index (χ4v) is 7.46. The molecular formula is C40H53N5O5. The number of rotatable bonds is 15. The van der Waals surface area contributed by atoms with Crippen molar-refractivity contribution >= 4 is 28.9 Å². The molecule has 10 nitrogen and oxygen atoms in total. The number of hydrogen-bond donors (Lipinski definition) is 4. The van der Waals surface area contributed by atoms with Gasteiger partial charge in [-0.1, -0.05) is 55.0 Å². The Morgan fingerprint density at radius 2 is 1.56 bits per heavy atom. The van der Waals surface area contributed by atoms with Gasteiger partial charge in [0.05, 0.1) is 30.2 Å². The van der Waals surface area contributed by atoms with Gasteiger partial charge in [0, 0.05) is 49.6 Å². The zero-order valence-electron chi connectivity index (χ0n) is 29.1. The summed E-state index contributed by atoms with van der Waals surface area (Å²) in [5, 5.41) is 15.5. The van der Waals surface area contributed by atoms with Crippen molar-refractivity contribution in [1.29, 1.82) is 0 Å². The first kappa shape index (κ1) is 36.0. The van der Waals surface area contributed by atoms with E-state index in [9.17, 15) is 14.7 Å². The van der Waals surface area contributed by atoms with Crippen molar-refractivity contribution in [2.45, 2.75) is 95.4 Å². The second-order valence-electron chi connectivity index (χ2n) is 14.0. The van der Waals surface area contributed by atoms with Crippen LogP contribution >= 0.6 is 0 Å². The van der Waals surface area contributed by atoms with Crippen LogP contribution in [-0.4, -0.2) is 71.6 Å². The molecule has 0 aliphatic carbocycles. The molecule has 10 heteroatoms. The van der Waals surface area contributed by atoms with Crippen LogP contribution in [-0.2, 0) is 25.7 Å². The average molecular weight is 684 g/mol. The van der Waals surface area contributed by atoms with E-state index in [1.165, 1.54) is 38.8 Å².